The van der Waals surface area contributed by atoms with Crippen molar-refractivity contribution in [3.05, 3.63) is 105 Å². The number of nitrogens with one attached hydrogen (secondary N) is 3. The van der Waals surface area contributed by atoms with Gasteiger partial charge in [0.15, 0.2) is 0 Å². The second kappa shape index (κ2) is 25.9. The van der Waals surface area contributed by atoms with Crippen LogP contribution in [0.5, 0.6) is 0 Å². The number of piperazine rings is 1. The van der Waals surface area contributed by atoms with Crippen LogP contribution in [-0.4, -0.2) is 140 Å². The molecule has 19 nitrogen and oxygen atoms in total. The van der Waals surface area contributed by atoms with Crippen LogP contribution in [0.4, 0.5) is 8.78 Å². The fraction of sp³-hybridized carbons (Fsp3) is 0.475. The van der Waals surface area contributed by atoms with E-state index in [1.165, 1.54) is 28.0 Å². The first-order valence-electron chi connectivity index (χ1n) is 27.7. The smallest absolute Gasteiger partial charge is 0.356 e. The van der Waals surface area contributed by atoms with Gasteiger partial charge in [0, 0.05) is 67.3 Å². The summed E-state index contributed by atoms with van der Waals surface area (Å²) in [6.07, 6.45) is 7.90. The van der Waals surface area contributed by atoms with Crippen LogP contribution in [0.25, 0.3) is 10.1 Å². The van der Waals surface area contributed by atoms with Crippen LogP contribution in [0.15, 0.2) is 72.8 Å². The van der Waals surface area contributed by atoms with E-state index in [-0.39, 0.29) is 65.7 Å². The first-order chi connectivity index (χ1) is 38.9. The molecule has 0 radical (unpaired) electrons. The van der Waals surface area contributed by atoms with Crippen LogP contribution >= 0.6 is 18.9 Å². The molecule has 1 aromatic heterocycles. The molecule has 23 heteroatoms. The van der Waals surface area contributed by atoms with Gasteiger partial charge in [0.2, 0.25) is 35.4 Å². The molecule has 0 bridgehead atoms. The van der Waals surface area contributed by atoms with Crippen molar-refractivity contribution in [2.75, 3.05) is 39.3 Å². The first-order valence-corrected chi connectivity index (χ1v) is 30.2. The number of nitrogens with zero attached hydrogens (tertiary/aromatic N) is 4. The molecule has 3 fully saturated rings. The van der Waals surface area contributed by atoms with Gasteiger partial charge < -0.3 is 35.1 Å². The minimum Gasteiger partial charge on any atom is -0.356 e. The number of hydrogen-bond acceptors (Lipinski definition) is 11. The number of benzene rings is 3. The summed E-state index contributed by atoms with van der Waals surface area (Å²) in [5.41, 5.74) is -4.49. The van der Waals surface area contributed by atoms with E-state index in [4.69, 9.17) is 0 Å². The average Bonchev–Trinajstić information content (AvgIpc) is 3.90. The van der Waals surface area contributed by atoms with E-state index in [2.05, 4.69) is 27.8 Å². The number of hydrogen-bond donors (Lipinski definition) is 5. The number of fused-ring (bicyclic) bond motifs is 2. The number of halogens is 2. The van der Waals surface area contributed by atoms with E-state index in [1.807, 2.05) is 30.3 Å². The van der Waals surface area contributed by atoms with Gasteiger partial charge in [-0.15, -0.1) is 11.3 Å². The standard InChI is InChI=1S/C59H68F2N7O12PS/c1-58(2,3)51(64-53(73)46-33-40-32-41(24-26-45(40)82-46)59(60,61)81(78,79)80)57(77)67-31-30-65(36-44(67)55(75)66-29-17-22-39(35-66)37-18-13-11-14-19-37)49(71)34-48(70)62-28-15-10-8-6-4-5-7-9-12-20-38-21-16-23-42-50(38)56(76)68(54(42)74)43-25-27-47(69)63-52(43)72/h11,13-14,16,18-19,21,23-24,26,32-33,39,43-44,51H,4-10,15,17,22,25,27-31,34-36H2,1-3H3,(H,62,70)(H,64,73)(H,63,69,72)(H2,78,79,80)/t39-,43?,44-,51?/m0/s1. The van der Waals surface area contributed by atoms with Gasteiger partial charge in [0.25, 0.3) is 17.7 Å². The van der Waals surface area contributed by atoms with Crippen molar-refractivity contribution >= 4 is 82.2 Å². The Labute approximate surface area is 478 Å². The molecule has 4 atom stereocenters. The van der Waals surface area contributed by atoms with Crippen LogP contribution in [0.1, 0.15) is 157 Å². The van der Waals surface area contributed by atoms with Gasteiger partial charge >= 0.3 is 13.3 Å². The summed E-state index contributed by atoms with van der Waals surface area (Å²) in [5, 5.41) is 7.98. The van der Waals surface area contributed by atoms with E-state index < -0.39 is 96.0 Å². The maximum absolute atomic E-state index is 14.9. The SMILES string of the molecule is CC(C)(C)C(NC(=O)c1cc2cc(C(F)(F)P(=O)(O)O)ccc2s1)C(=O)N1CCN(C(=O)CC(=O)NCCCCCCCCCC#Cc2cccc3c2C(=O)N(C2CCC(=O)NC2=O)C3=O)C[C@H]1C(=O)N1CCC[C@H](c2ccccc2)C1. The van der Waals surface area contributed by atoms with Crippen molar-refractivity contribution in [3.63, 3.8) is 0 Å². The van der Waals surface area contributed by atoms with Crippen molar-refractivity contribution in [3.8, 4) is 11.8 Å². The molecule has 9 amide bonds. The lowest BCUT2D eigenvalue weighted by Crippen LogP contribution is -2.66. The number of unbranched alkanes of at least 4 members (excludes halogenated alkanes) is 7. The molecule has 436 valence electrons. The molecule has 0 spiro atoms. The van der Waals surface area contributed by atoms with Crippen LogP contribution in [0.3, 0.4) is 0 Å². The van der Waals surface area contributed by atoms with Gasteiger partial charge in [0.1, 0.15) is 24.5 Å². The topological polar surface area (TPSA) is 260 Å². The van der Waals surface area contributed by atoms with Gasteiger partial charge in [-0.25, -0.2) is 0 Å². The number of piperidine rings is 2. The molecule has 82 heavy (non-hydrogen) atoms. The van der Waals surface area contributed by atoms with Gasteiger partial charge in [-0.05, 0) is 78.8 Å². The van der Waals surface area contributed by atoms with Gasteiger partial charge in [0.05, 0.1) is 22.5 Å². The maximum Gasteiger partial charge on any atom is 0.399 e. The molecular weight excluding hydrogens is 1100 g/mol. The molecule has 3 saturated heterocycles. The molecule has 0 saturated carbocycles. The molecule has 3 aromatic carbocycles. The normalized spacial score (nSPS) is 19.1. The highest BCUT2D eigenvalue weighted by Crippen LogP contribution is 2.59. The van der Waals surface area contributed by atoms with Crippen LogP contribution < -0.4 is 16.0 Å². The molecule has 4 aromatic rings. The number of rotatable bonds is 19. The zero-order valence-corrected chi connectivity index (χ0v) is 47.8. The van der Waals surface area contributed by atoms with Crippen molar-refractivity contribution in [1.82, 2.24) is 35.6 Å². The minimum absolute atomic E-state index is 0.00849. The van der Waals surface area contributed by atoms with Crippen LogP contribution in [0.2, 0.25) is 0 Å². The Morgan fingerprint density at radius 3 is 2.26 bits per heavy atom. The average molecular weight is 1170 g/mol. The lowest BCUT2D eigenvalue weighted by Gasteiger charge is -2.45. The van der Waals surface area contributed by atoms with Crippen LogP contribution in [-0.2, 0) is 39.0 Å². The molecule has 0 aliphatic carbocycles. The largest absolute Gasteiger partial charge is 0.399 e. The highest BCUT2D eigenvalue weighted by Gasteiger charge is 2.51. The third kappa shape index (κ3) is 14.0. The fourth-order valence-corrected chi connectivity index (χ4v) is 12.4. The molecule has 4 aliphatic heterocycles. The molecule has 5 N–H and O–H groups in total. The summed E-state index contributed by atoms with van der Waals surface area (Å²) >= 11 is 0.938. The summed E-state index contributed by atoms with van der Waals surface area (Å²) in [6, 6.07) is 15.6. The predicted molar refractivity (Wildman–Crippen MR) is 300 cm³/mol. The van der Waals surface area contributed by atoms with Crippen LogP contribution in [0, 0.1) is 17.3 Å². The zero-order chi connectivity index (χ0) is 59.1. The maximum atomic E-state index is 14.9. The number of alkyl halides is 2. The summed E-state index contributed by atoms with van der Waals surface area (Å²) < 4.78 is 41.2. The Bertz CT molecular complexity index is 3260. The zero-order valence-electron chi connectivity index (χ0n) is 46.0. The summed E-state index contributed by atoms with van der Waals surface area (Å²) in [5.74, 6) is 1.24. The molecule has 4 aliphatic rings. The Morgan fingerprint density at radius 1 is 0.829 bits per heavy atom. The molecule has 2 unspecified atom stereocenters. The number of likely N-dealkylation sites (tertiary alicyclic amines) is 1. The summed E-state index contributed by atoms with van der Waals surface area (Å²) in [7, 11) is -5.86. The third-order valence-electron chi connectivity index (χ3n) is 15.5. The second-order valence-electron chi connectivity index (χ2n) is 22.4. The summed E-state index contributed by atoms with van der Waals surface area (Å²) in [4.78, 5) is 145. The van der Waals surface area contributed by atoms with Crippen molar-refractivity contribution in [2.24, 2.45) is 5.41 Å². The number of carbonyl (C=O) groups is 9. The van der Waals surface area contributed by atoms with Gasteiger partial charge in [-0.2, -0.15) is 8.78 Å². The van der Waals surface area contributed by atoms with Gasteiger partial charge in [-0.3, -0.25) is 57.9 Å². The Morgan fingerprint density at radius 2 is 1.55 bits per heavy atom. The van der Waals surface area contributed by atoms with E-state index in [9.17, 15) is 66.3 Å². The second-order valence-corrected chi connectivity index (χ2v) is 25.1. The van der Waals surface area contributed by atoms with Crippen molar-refractivity contribution in [2.45, 2.75) is 134 Å². The van der Waals surface area contributed by atoms with E-state index in [0.717, 1.165) is 78.9 Å². The number of thiophene rings is 1. The Kier molecular flexibility index (Phi) is 19.3. The van der Waals surface area contributed by atoms with Crippen molar-refractivity contribution < 1.29 is 66.3 Å². The van der Waals surface area contributed by atoms with E-state index in [1.54, 1.807) is 37.8 Å². The van der Waals surface area contributed by atoms with E-state index in [0.29, 0.717) is 49.2 Å². The highest BCUT2D eigenvalue weighted by molar-refractivity contribution is 7.52. The fourth-order valence-electron chi connectivity index (χ4n) is 10.9. The minimum atomic E-state index is -5.86. The van der Waals surface area contributed by atoms with Crippen molar-refractivity contribution in [1.29, 1.82) is 0 Å². The Hall–Kier alpha value is -7.18. The molecule has 5 heterocycles. The first kappa shape index (κ1) is 60.9. The lowest BCUT2D eigenvalue weighted by atomic mass is 9.85. The number of carbonyl (C=O) groups excluding carboxylic acids is 9. The monoisotopic (exact) mass is 1170 g/mol. The highest BCUT2D eigenvalue weighted by atomic mass is 32.1. The quantitative estimate of drug-likeness (QED) is 0.0214. The number of amides is 9. The Balaban J connectivity index is 0.815. The van der Waals surface area contributed by atoms with E-state index >= 15 is 0 Å². The number of imide groups is 2. The third-order valence-corrected chi connectivity index (χ3v) is 17.6. The lowest BCUT2D eigenvalue weighted by molar-refractivity contribution is -0.155. The molecule has 8 rings (SSSR count). The van der Waals surface area contributed by atoms with Gasteiger partial charge in [-0.1, -0.05) is 107 Å². The molecular formula is C59H68F2N7O12PS. The summed E-state index contributed by atoms with van der Waals surface area (Å²) in [6.45, 7) is 6.11. The predicted octanol–water partition coefficient (Wildman–Crippen LogP) is 6.80.